The lowest BCUT2D eigenvalue weighted by Gasteiger charge is -2.36. The largest absolute Gasteiger partial charge is 0.416 e. The number of amides is 1. The molecule has 5 nitrogen and oxygen atoms in total. The van der Waals surface area contributed by atoms with Gasteiger partial charge < -0.3 is 14.4 Å². The molecule has 146 valence electrons. The first kappa shape index (κ1) is 19.6. The zero-order valence-corrected chi connectivity index (χ0v) is 15.8. The van der Waals surface area contributed by atoms with Crippen molar-refractivity contribution >= 4 is 23.4 Å². The fourth-order valence-corrected chi connectivity index (χ4v) is 3.91. The summed E-state index contributed by atoms with van der Waals surface area (Å²) in [4.78, 5) is 20.3. The van der Waals surface area contributed by atoms with Crippen LogP contribution in [0.5, 0.6) is 0 Å². The monoisotopic (exact) mass is 398 g/mol. The van der Waals surface area contributed by atoms with Gasteiger partial charge in [-0.05, 0) is 25.1 Å². The smallest absolute Gasteiger partial charge is 0.368 e. The van der Waals surface area contributed by atoms with Gasteiger partial charge >= 0.3 is 6.18 Å². The fraction of sp³-hybridized carbons (Fsp3) is 0.444. The van der Waals surface area contributed by atoms with Crippen LogP contribution in [0.4, 0.5) is 18.9 Å². The lowest BCUT2D eigenvalue weighted by atomic mass is 10.1. The molecular weight excluding hydrogens is 377 g/mol. The number of hydrogen-bond acceptors (Lipinski definition) is 4. The number of imidazole rings is 1. The number of carbonyl (C=O) groups is 1. The molecule has 1 aliphatic rings. The van der Waals surface area contributed by atoms with E-state index in [9.17, 15) is 18.0 Å². The normalized spacial score (nSPS) is 15.3. The Balaban J connectivity index is 1.53. The number of benzene rings is 1. The maximum absolute atomic E-state index is 12.9. The van der Waals surface area contributed by atoms with E-state index in [4.69, 9.17) is 0 Å². The predicted molar refractivity (Wildman–Crippen MR) is 98.9 cm³/mol. The van der Waals surface area contributed by atoms with Crippen molar-refractivity contribution in [3.8, 4) is 0 Å². The van der Waals surface area contributed by atoms with Crippen LogP contribution in [0.15, 0.2) is 41.8 Å². The number of rotatable bonds is 5. The van der Waals surface area contributed by atoms with Crippen LogP contribution in [0.1, 0.15) is 12.5 Å². The van der Waals surface area contributed by atoms with Gasteiger partial charge in [0.2, 0.25) is 5.91 Å². The van der Waals surface area contributed by atoms with E-state index < -0.39 is 11.7 Å². The van der Waals surface area contributed by atoms with E-state index in [1.54, 1.807) is 17.2 Å². The van der Waals surface area contributed by atoms with E-state index >= 15 is 0 Å². The number of halogens is 3. The standard InChI is InChI=1S/C18H21F3N4OS/c1-2-23-7-6-22-17(23)27-13-16(26)25-10-8-24(9-11-25)15-5-3-4-14(12-15)18(19,20)21/h3-7,12H,2,8-11,13H2,1H3. The number of nitrogens with zero attached hydrogens (tertiary/aromatic N) is 4. The van der Waals surface area contributed by atoms with Crippen molar-refractivity contribution in [3.05, 3.63) is 42.2 Å². The molecule has 2 aromatic rings. The minimum absolute atomic E-state index is 0.0225. The molecule has 2 heterocycles. The van der Waals surface area contributed by atoms with Crippen molar-refractivity contribution in [2.24, 2.45) is 0 Å². The number of piperazine rings is 1. The third-order valence-corrected chi connectivity index (χ3v) is 5.50. The van der Waals surface area contributed by atoms with E-state index in [2.05, 4.69) is 4.98 Å². The first-order chi connectivity index (χ1) is 12.9. The van der Waals surface area contributed by atoms with Crippen LogP contribution < -0.4 is 4.90 Å². The molecule has 0 N–H and O–H groups in total. The molecular formula is C18H21F3N4OS. The van der Waals surface area contributed by atoms with Gasteiger partial charge in [-0.15, -0.1) is 0 Å². The average Bonchev–Trinajstić information content (AvgIpc) is 3.13. The molecule has 0 aliphatic carbocycles. The van der Waals surface area contributed by atoms with Gasteiger partial charge in [0.15, 0.2) is 5.16 Å². The summed E-state index contributed by atoms with van der Waals surface area (Å²) in [7, 11) is 0. The lowest BCUT2D eigenvalue weighted by molar-refractivity contribution is -0.137. The van der Waals surface area contributed by atoms with E-state index in [1.807, 2.05) is 22.6 Å². The summed E-state index contributed by atoms with van der Waals surface area (Å²) < 4.78 is 40.6. The van der Waals surface area contributed by atoms with Crippen LogP contribution in [-0.2, 0) is 17.5 Å². The third kappa shape index (κ3) is 4.77. The number of aromatic nitrogens is 2. The van der Waals surface area contributed by atoms with Crippen molar-refractivity contribution in [3.63, 3.8) is 0 Å². The molecule has 0 bridgehead atoms. The molecule has 9 heteroatoms. The Morgan fingerprint density at radius 2 is 1.96 bits per heavy atom. The number of anilines is 1. The lowest BCUT2D eigenvalue weighted by Crippen LogP contribution is -2.49. The quantitative estimate of drug-likeness (QED) is 0.725. The molecule has 0 radical (unpaired) electrons. The van der Waals surface area contributed by atoms with E-state index in [-0.39, 0.29) is 5.91 Å². The van der Waals surface area contributed by atoms with Crippen molar-refractivity contribution in [2.45, 2.75) is 24.8 Å². The summed E-state index contributed by atoms with van der Waals surface area (Å²) >= 11 is 1.40. The second-order valence-corrected chi connectivity index (χ2v) is 7.14. The second-order valence-electron chi connectivity index (χ2n) is 6.20. The Bertz CT molecular complexity index is 785. The number of thioether (sulfide) groups is 1. The van der Waals surface area contributed by atoms with Crippen LogP contribution in [0.2, 0.25) is 0 Å². The first-order valence-corrected chi connectivity index (χ1v) is 9.71. The predicted octanol–water partition coefficient (Wildman–Crippen LogP) is 3.36. The molecule has 1 aromatic carbocycles. The van der Waals surface area contributed by atoms with Gasteiger partial charge in [-0.1, -0.05) is 17.8 Å². The number of carbonyl (C=O) groups excluding carboxylic acids is 1. The van der Waals surface area contributed by atoms with Gasteiger partial charge in [-0.2, -0.15) is 13.2 Å². The Morgan fingerprint density at radius 1 is 1.22 bits per heavy atom. The molecule has 1 amide bonds. The maximum atomic E-state index is 12.9. The molecule has 0 saturated carbocycles. The number of alkyl halides is 3. The molecule has 1 saturated heterocycles. The summed E-state index contributed by atoms with van der Waals surface area (Å²) in [6.07, 6.45) is -0.764. The molecule has 0 unspecified atom stereocenters. The van der Waals surface area contributed by atoms with E-state index in [0.29, 0.717) is 37.6 Å². The fourth-order valence-electron chi connectivity index (χ4n) is 2.99. The maximum Gasteiger partial charge on any atom is 0.416 e. The third-order valence-electron chi connectivity index (χ3n) is 4.51. The second kappa shape index (κ2) is 8.24. The van der Waals surface area contributed by atoms with E-state index in [0.717, 1.165) is 23.8 Å². The highest BCUT2D eigenvalue weighted by Gasteiger charge is 2.31. The van der Waals surface area contributed by atoms with Gasteiger partial charge in [0.1, 0.15) is 0 Å². The minimum Gasteiger partial charge on any atom is -0.368 e. The van der Waals surface area contributed by atoms with Crippen LogP contribution in [0, 0.1) is 0 Å². The summed E-state index contributed by atoms with van der Waals surface area (Å²) in [6, 6.07) is 5.33. The molecule has 1 aliphatic heterocycles. The van der Waals surface area contributed by atoms with Gasteiger partial charge in [-0.3, -0.25) is 4.79 Å². The molecule has 1 fully saturated rings. The SMILES string of the molecule is CCn1ccnc1SCC(=O)N1CCN(c2cccc(C(F)(F)F)c2)CC1. The zero-order chi connectivity index (χ0) is 19.4. The summed E-state index contributed by atoms with van der Waals surface area (Å²) in [5.74, 6) is 0.329. The van der Waals surface area contributed by atoms with Crippen LogP contribution in [0.3, 0.4) is 0 Å². The zero-order valence-electron chi connectivity index (χ0n) is 14.9. The van der Waals surface area contributed by atoms with Crippen LogP contribution in [0.25, 0.3) is 0 Å². The number of aryl methyl sites for hydroxylation is 1. The number of hydrogen-bond donors (Lipinski definition) is 0. The highest BCUT2D eigenvalue weighted by Crippen LogP contribution is 2.32. The van der Waals surface area contributed by atoms with Crippen molar-refractivity contribution < 1.29 is 18.0 Å². The van der Waals surface area contributed by atoms with Crippen LogP contribution >= 0.6 is 11.8 Å². The average molecular weight is 398 g/mol. The van der Waals surface area contributed by atoms with Crippen molar-refractivity contribution in [2.75, 3.05) is 36.8 Å². The Morgan fingerprint density at radius 3 is 2.63 bits per heavy atom. The van der Waals surface area contributed by atoms with Gasteiger partial charge in [0.05, 0.1) is 11.3 Å². The minimum atomic E-state index is -4.35. The highest BCUT2D eigenvalue weighted by atomic mass is 32.2. The Kier molecular flexibility index (Phi) is 5.98. The van der Waals surface area contributed by atoms with E-state index in [1.165, 1.54) is 17.8 Å². The van der Waals surface area contributed by atoms with Gasteiger partial charge in [0, 0.05) is 50.8 Å². The molecule has 27 heavy (non-hydrogen) atoms. The highest BCUT2D eigenvalue weighted by molar-refractivity contribution is 7.99. The van der Waals surface area contributed by atoms with Crippen molar-refractivity contribution in [1.82, 2.24) is 14.5 Å². The Hall–Kier alpha value is -2.16. The molecule has 3 rings (SSSR count). The molecule has 1 aromatic heterocycles. The molecule has 0 atom stereocenters. The summed E-state index contributed by atoms with van der Waals surface area (Å²) in [5.41, 5.74) is -0.113. The van der Waals surface area contributed by atoms with Crippen LogP contribution in [-0.4, -0.2) is 52.3 Å². The van der Waals surface area contributed by atoms with Gasteiger partial charge in [-0.25, -0.2) is 4.98 Å². The van der Waals surface area contributed by atoms with Crippen molar-refractivity contribution in [1.29, 1.82) is 0 Å². The molecule has 0 spiro atoms. The summed E-state index contributed by atoms with van der Waals surface area (Å²) in [5, 5.41) is 0.813. The topological polar surface area (TPSA) is 41.4 Å². The van der Waals surface area contributed by atoms with Gasteiger partial charge in [0.25, 0.3) is 0 Å². The summed E-state index contributed by atoms with van der Waals surface area (Å²) in [6.45, 7) is 4.84. The first-order valence-electron chi connectivity index (χ1n) is 8.72. The Labute approximate surface area is 160 Å².